The molecule has 0 unspecified atom stereocenters. The van der Waals surface area contributed by atoms with Gasteiger partial charge in [0.25, 0.3) is 0 Å². The molecule has 0 bridgehead atoms. The van der Waals surface area contributed by atoms with Crippen molar-refractivity contribution in [2.75, 3.05) is 11.4 Å². The fraction of sp³-hybridized carbons (Fsp3) is 0.214. The predicted octanol–water partition coefficient (Wildman–Crippen LogP) is 3.51. The van der Waals surface area contributed by atoms with Gasteiger partial charge in [-0.1, -0.05) is 18.2 Å². The highest BCUT2D eigenvalue weighted by Crippen LogP contribution is 2.35. The van der Waals surface area contributed by atoms with Crippen molar-refractivity contribution in [3.63, 3.8) is 0 Å². The number of para-hydroxylation sites is 1. The van der Waals surface area contributed by atoms with Crippen LogP contribution < -0.4 is 4.90 Å². The summed E-state index contributed by atoms with van der Waals surface area (Å²) in [5.74, 6) is 0.502. The van der Waals surface area contributed by atoms with Crippen molar-refractivity contribution in [3.05, 3.63) is 53.9 Å². The minimum absolute atomic E-state index is 0.502. The molecule has 0 amide bonds. The Labute approximate surface area is 106 Å². The van der Waals surface area contributed by atoms with Crippen molar-refractivity contribution in [3.8, 4) is 0 Å². The predicted molar refractivity (Wildman–Crippen MR) is 70.9 cm³/mol. The van der Waals surface area contributed by atoms with Crippen LogP contribution in [0.4, 0.5) is 11.4 Å². The minimum Gasteiger partial charge on any atom is -0.341 e. The summed E-state index contributed by atoms with van der Waals surface area (Å²) in [6.45, 7) is 1.02. The Morgan fingerprint density at radius 1 is 1.18 bits per heavy atom. The Bertz CT molecular complexity index is 539. The van der Waals surface area contributed by atoms with E-state index in [4.69, 9.17) is 11.6 Å². The van der Waals surface area contributed by atoms with Gasteiger partial charge in [-0.3, -0.25) is 4.98 Å². The monoisotopic (exact) mass is 244 g/mol. The Morgan fingerprint density at radius 3 is 2.94 bits per heavy atom. The van der Waals surface area contributed by atoms with Gasteiger partial charge in [0, 0.05) is 35.9 Å². The third kappa shape index (κ3) is 1.79. The number of rotatable bonds is 2. The lowest BCUT2D eigenvalue weighted by Crippen LogP contribution is -2.15. The van der Waals surface area contributed by atoms with Crippen LogP contribution in [0.2, 0.25) is 0 Å². The fourth-order valence-corrected chi connectivity index (χ4v) is 2.58. The Morgan fingerprint density at radius 2 is 2.06 bits per heavy atom. The molecule has 1 aliphatic rings. The molecule has 0 N–H and O–H groups in total. The number of benzene rings is 1. The van der Waals surface area contributed by atoms with E-state index in [1.165, 1.54) is 16.9 Å². The third-order valence-corrected chi connectivity index (χ3v) is 3.49. The number of anilines is 2. The molecule has 2 aromatic rings. The van der Waals surface area contributed by atoms with Crippen molar-refractivity contribution in [2.45, 2.75) is 12.3 Å². The molecule has 3 heteroatoms. The molecule has 0 atom stereocenters. The Hall–Kier alpha value is -1.54. The second kappa shape index (κ2) is 4.38. The normalized spacial score (nSPS) is 13.8. The Kier molecular flexibility index (Phi) is 2.73. The molecule has 86 valence electrons. The smallest absolute Gasteiger partial charge is 0.0510 e. The largest absolute Gasteiger partial charge is 0.341 e. The van der Waals surface area contributed by atoms with Crippen molar-refractivity contribution < 1.29 is 0 Å². The van der Waals surface area contributed by atoms with Crippen molar-refractivity contribution in [1.82, 2.24) is 4.98 Å². The summed E-state index contributed by atoms with van der Waals surface area (Å²) < 4.78 is 0. The molecule has 0 radical (unpaired) electrons. The van der Waals surface area contributed by atoms with Gasteiger partial charge in [-0.15, -0.1) is 11.6 Å². The van der Waals surface area contributed by atoms with E-state index in [1.54, 1.807) is 0 Å². The maximum absolute atomic E-state index is 5.97. The lowest BCUT2D eigenvalue weighted by atomic mass is 10.1. The summed E-state index contributed by atoms with van der Waals surface area (Å²) in [7, 11) is 0. The first-order valence-electron chi connectivity index (χ1n) is 5.74. The molecule has 1 aromatic heterocycles. The topological polar surface area (TPSA) is 16.1 Å². The van der Waals surface area contributed by atoms with Gasteiger partial charge < -0.3 is 4.90 Å². The van der Waals surface area contributed by atoms with Gasteiger partial charge in [-0.2, -0.15) is 0 Å². The van der Waals surface area contributed by atoms with E-state index >= 15 is 0 Å². The van der Waals surface area contributed by atoms with Crippen LogP contribution in [0.3, 0.4) is 0 Å². The summed E-state index contributed by atoms with van der Waals surface area (Å²) in [6.07, 6.45) is 4.77. The van der Waals surface area contributed by atoms with Gasteiger partial charge >= 0.3 is 0 Å². The summed E-state index contributed by atoms with van der Waals surface area (Å²) in [5, 5.41) is 0. The summed E-state index contributed by atoms with van der Waals surface area (Å²) in [6, 6.07) is 10.6. The highest BCUT2D eigenvalue weighted by atomic mass is 35.5. The third-order valence-electron chi connectivity index (χ3n) is 3.20. The molecule has 0 aliphatic carbocycles. The number of hydrogen-bond acceptors (Lipinski definition) is 2. The zero-order chi connectivity index (χ0) is 11.7. The number of fused-ring (bicyclic) bond motifs is 1. The van der Waals surface area contributed by atoms with E-state index in [0.717, 1.165) is 18.5 Å². The number of nitrogens with zero attached hydrogens (tertiary/aromatic N) is 2. The van der Waals surface area contributed by atoms with Crippen molar-refractivity contribution >= 4 is 23.0 Å². The van der Waals surface area contributed by atoms with Crippen molar-refractivity contribution in [1.29, 1.82) is 0 Å². The maximum atomic E-state index is 5.97. The second-order valence-corrected chi connectivity index (χ2v) is 4.44. The average Bonchev–Trinajstić information content (AvgIpc) is 2.82. The highest BCUT2D eigenvalue weighted by Gasteiger charge is 2.21. The van der Waals surface area contributed by atoms with Crippen LogP contribution in [0.15, 0.2) is 42.7 Å². The van der Waals surface area contributed by atoms with Crippen LogP contribution >= 0.6 is 11.6 Å². The first kappa shape index (κ1) is 10.6. The molecular weight excluding hydrogens is 232 g/mol. The van der Waals surface area contributed by atoms with E-state index in [9.17, 15) is 0 Å². The van der Waals surface area contributed by atoms with Crippen LogP contribution in [0.1, 0.15) is 11.1 Å². The molecular formula is C14H13ClN2. The molecule has 1 aliphatic heterocycles. The minimum atomic E-state index is 0.502. The number of pyridine rings is 1. The maximum Gasteiger partial charge on any atom is 0.0510 e. The van der Waals surface area contributed by atoms with E-state index in [-0.39, 0.29) is 0 Å². The van der Waals surface area contributed by atoms with Gasteiger partial charge in [0.15, 0.2) is 0 Å². The van der Waals surface area contributed by atoms with E-state index < -0.39 is 0 Å². The summed E-state index contributed by atoms with van der Waals surface area (Å²) in [4.78, 5) is 6.46. The number of hydrogen-bond donors (Lipinski definition) is 0. The molecule has 0 spiro atoms. The Balaban J connectivity index is 2.07. The molecule has 0 fully saturated rings. The molecule has 1 aromatic carbocycles. The number of halogens is 1. The number of alkyl halides is 1. The second-order valence-electron chi connectivity index (χ2n) is 4.17. The zero-order valence-electron chi connectivity index (χ0n) is 9.44. The van der Waals surface area contributed by atoms with Gasteiger partial charge in [-0.05, 0) is 24.1 Å². The lowest BCUT2D eigenvalue weighted by molar-refractivity contribution is 0.987. The average molecular weight is 245 g/mol. The fourth-order valence-electron chi connectivity index (χ4n) is 2.37. The van der Waals surface area contributed by atoms with Crippen molar-refractivity contribution in [2.24, 2.45) is 0 Å². The number of aromatic nitrogens is 1. The molecule has 0 saturated carbocycles. The molecule has 2 heterocycles. The highest BCUT2D eigenvalue weighted by molar-refractivity contribution is 6.17. The van der Waals surface area contributed by atoms with E-state index in [2.05, 4.69) is 34.1 Å². The van der Waals surface area contributed by atoms with Crippen LogP contribution in [-0.2, 0) is 12.3 Å². The first-order valence-corrected chi connectivity index (χ1v) is 6.28. The summed E-state index contributed by atoms with van der Waals surface area (Å²) >= 11 is 5.97. The lowest BCUT2D eigenvalue weighted by Gasteiger charge is -2.21. The quantitative estimate of drug-likeness (QED) is 0.752. The summed E-state index contributed by atoms with van der Waals surface area (Å²) in [5.41, 5.74) is 4.97. The molecule has 17 heavy (non-hydrogen) atoms. The zero-order valence-corrected chi connectivity index (χ0v) is 10.2. The van der Waals surface area contributed by atoms with Gasteiger partial charge in [0.05, 0.1) is 5.88 Å². The SMILES string of the molecule is ClCc1cnccc1N1CCc2ccccc21. The first-order chi connectivity index (χ1) is 8.40. The molecule has 0 saturated heterocycles. The van der Waals surface area contributed by atoms with Gasteiger partial charge in [-0.25, -0.2) is 0 Å². The van der Waals surface area contributed by atoms with E-state index in [0.29, 0.717) is 5.88 Å². The van der Waals surface area contributed by atoms with Gasteiger partial charge in [0.1, 0.15) is 0 Å². The van der Waals surface area contributed by atoms with Crippen LogP contribution in [0.5, 0.6) is 0 Å². The van der Waals surface area contributed by atoms with E-state index in [1.807, 2.05) is 18.5 Å². The standard InChI is InChI=1S/C14H13ClN2/c15-9-12-10-16-7-5-14(12)17-8-6-11-3-1-2-4-13(11)17/h1-5,7,10H,6,8-9H2. The van der Waals surface area contributed by atoms with Crippen LogP contribution in [-0.4, -0.2) is 11.5 Å². The molecule has 3 rings (SSSR count). The molecule has 2 nitrogen and oxygen atoms in total. The van der Waals surface area contributed by atoms with Gasteiger partial charge in [0.2, 0.25) is 0 Å². The van der Waals surface area contributed by atoms with Crippen LogP contribution in [0.25, 0.3) is 0 Å². The van der Waals surface area contributed by atoms with Crippen LogP contribution in [0, 0.1) is 0 Å².